The molecule has 2 aromatic carbocycles. The van der Waals surface area contributed by atoms with E-state index in [-0.39, 0.29) is 34.6 Å². The Hall–Kier alpha value is -2.91. The van der Waals surface area contributed by atoms with E-state index in [0.717, 1.165) is 49.8 Å². The van der Waals surface area contributed by atoms with Gasteiger partial charge in [-0.15, -0.1) is 0 Å². The Labute approximate surface area is 207 Å². The smallest absolute Gasteiger partial charge is 0.251 e. The zero-order valence-corrected chi connectivity index (χ0v) is 21.0. The zero-order valence-electron chi connectivity index (χ0n) is 20.2. The molecule has 4 rings (SSSR count). The summed E-state index contributed by atoms with van der Waals surface area (Å²) in [6.45, 7) is 1.90. The monoisotopic (exact) mass is 499 g/mol. The van der Waals surface area contributed by atoms with E-state index < -0.39 is 10.0 Å². The number of piperidine rings is 1. The lowest BCUT2D eigenvalue weighted by molar-refractivity contribution is -0.119. The molecule has 188 valence electrons. The summed E-state index contributed by atoms with van der Waals surface area (Å²) in [7, 11) is -2.36. The van der Waals surface area contributed by atoms with Gasteiger partial charge in [0.15, 0.2) is 0 Å². The standard InChI is InChI=1S/C26H33N3O5S/c1-34-23-13-12-21(18-24(23)35(32,33)28-14-5-2-3-6-15-28)26(31)27-19-20-9-8-10-22(17-20)29-16-7-4-11-25(29)30/h8-10,12-13,17-18H,2-7,11,14-16,19H2,1H3,(H,27,31). The van der Waals surface area contributed by atoms with Crippen LogP contribution in [0.1, 0.15) is 60.9 Å². The van der Waals surface area contributed by atoms with Crippen LogP contribution in [0.15, 0.2) is 47.4 Å². The number of methoxy groups -OCH3 is 1. The number of ether oxygens (including phenoxy) is 1. The third-order valence-electron chi connectivity index (χ3n) is 6.61. The van der Waals surface area contributed by atoms with Crippen LogP contribution >= 0.6 is 0 Å². The Morgan fingerprint density at radius 3 is 2.43 bits per heavy atom. The topological polar surface area (TPSA) is 96.0 Å². The maximum Gasteiger partial charge on any atom is 0.251 e. The lowest BCUT2D eigenvalue weighted by Crippen LogP contribution is -2.35. The van der Waals surface area contributed by atoms with E-state index in [1.807, 2.05) is 24.3 Å². The molecular formula is C26H33N3O5S. The summed E-state index contributed by atoms with van der Waals surface area (Å²) in [4.78, 5) is 27.0. The molecule has 1 N–H and O–H groups in total. The number of nitrogens with one attached hydrogen (secondary N) is 1. The van der Waals surface area contributed by atoms with Crippen LogP contribution < -0.4 is 15.0 Å². The Balaban J connectivity index is 1.49. The highest BCUT2D eigenvalue weighted by atomic mass is 32.2. The van der Waals surface area contributed by atoms with Gasteiger partial charge < -0.3 is 15.0 Å². The molecule has 8 nitrogen and oxygen atoms in total. The number of hydrogen-bond acceptors (Lipinski definition) is 5. The molecule has 0 radical (unpaired) electrons. The number of anilines is 1. The molecule has 0 atom stereocenters. The highest BCUT2D eigenvalue weighted by molar-refractivity contribution is 7.89. The van der Waals surface area contributed by atoms with E-state index in [1.165, 1.54) is 23.5 Å². The van der Waals surface area contributed by atoms with Crippen molar-refractivity contribution in [2.75, 3.05) is 31.6 Å². The molecule has 2 aliphatic rings. The van der Waals surface area contributed by atoms with Gasteiger partial charge in [0.1, 0.15) is 10.6 Å². The Morgan fingerprint density at radius 2 is 1.71 bits per heavy atom. The molecule has 0 aliphatic carbocycles. The van der Waals surface area contributed by atoms with Gasteiger partial charge in [-0.2, -0.15) is 4.31 Å². The molecule has 2 aliphatic heterocycles. The second kappa shape index (κ2) is 11.2. The van der Waals surface area contributed by atoms with Crippen molar-refractivity contribution >= 4 is 27.5 Å². The predicted molar refractivity (Wildman–Crippen MR) is 134 cm³/mol. The number of hydrogen-bond donors (Lipinski definition) is 1. The summed E-state index contributed by atoms with van der Waals surface area (Å²) in [5.41, 5.74) is 1.94. The first-order valence-electron chi connectivity index (χ1n) is 12.3. The van der Waals surface area contributed by atoms with Crippen LogP contribution in [0.5, 0.6) is 5.75 Å². The van der Waals surface area contributed by atoms with Gasteiger partial charge in [-0.05, 0) is 61.6 Å². The number of benzene rings is 2. The lowest BCUT2D eigenvalue weighted by atomic mass is 10.1. The van der Waals surface area contributed by atoms with Crippen molar-refractivity contribution in [3.05, 3.63) is 53.6 Å². The molecule has 0 bridgehead atoms. The van der Waals surface area contributed by atoms with E-state index >= 15 is 0 Å². The van der Waals surface area contributed by atoms with Crippen molar-refractivity contribution < 1.29 is 22.7 Å². The Morgan fingerprint density at radius 1 is 0.971 bits per heavy atom. The van der Waals surface area contributed by atoms with Gasteiger partial charge in [-0.3, -0.25) is 9.59 Å². The minimum Gasteiger partial charge on any atom is -0.495 e. The molecule has 35 heavy (non-hydrogen) atoms. The number of amides is 2. The van der Waals surface area contributed by atoms with Crippen LogP contribution in [-0.4, -0.2) is 51.3 Å². The van der Waals surface area contributed by atoms with E-state index in [2.05, 4.69) is 5.32 Å². The number of rotatable bonds is 7. The summed E-state index contributed by atoms with van der Waals surface area (Å²) in [5, 5.41) is 2.87. The van der Waals surface area contributed by atoms with Gasteiger partial charge in [0.05, 0.1) is 7.11 Å². The summed E-state index contributed by atoms with van der Waals surface area (Å²) < 4.78 is 33.6. The van der Waals surface area contributed by atoms with Crippen LogP contribution in [0.2, 0.25) is 0 Å². The fourth-order valence-electron chi connectivity index (χ4n) is 4.64. The largest absolute Gasteiger partial charge is 0.495 e. The van der Waals surface area contributed by atoms with Crippen molar-refractivity contribution in [2.45, 2.75) is 56.4 Å². The van der Waals surface area contributed by atoms with Gasteiger partial charge in [-0.25, -0.2) is 8.42 Å². The van der Waals surface area contributed by atoms with Crippen LogP contribution in [-0.2, 0) is 21.4 Å². The van der Waals surface area contributed by atoms with Crippen LogP contribution in [0.3, 0.4) is 0 Å². The van der Waals surface area contributed by atoms with Crippen LogP contribution in [0.25, 0.3) is 0 Å². The third-order valence-corrected chi connectivity index (χ3v) is 8.53. The quantitative estimate of drug-likeness (QED) is 0.627. The van der Waals surface area contributed by atoms with Gasteiger partial charge in [0.2, 0.25) is 15.9 Å². The fourth-order valence-corrected chi connectivity index (χ4v) is 6.34. The molecule has 9 heteroatoms. The summed E-state index contributed by atoms with van der Waals surface area (Å²) in [6, 6.07) is 12.1. The lowest BCUT2D eigenvalue weighted by Gasteiger charge is -2.27. The number of carbonyl (C=O) groups is 2. The number of carbonyl (C=O) groups excluding carboxylic acids is 2. The SMILES string of the molecule is COc1ccc(C(=O)NCc2cccc(N3CCCCC3=O)c2)cc1S(=O)(=O)N1CCCCCC1. The predicted octanol–water partition coefficient (Wildman–Crippen LogP) is 3.71. The van der Waals surface area contributed by atoms with Gasteiger partial charge >= 0.3 is 0 Å². The maximum atomic E-state index is 13.4. The normalized spacial score (nSPS) is 17.6. The second-order valence-electron chi connectivity index (χ2n) is 9.04. The molecule has 2 amide bonds. The van der Waals surface area contributed by atoms with Crippen molar-refractivity contribution in [3.8, 4) is 5.75 Å². The average molecular weight is 500 g/mol. The first-order chi connectivity index (χ1) is 16.9. The summed E-state index contributed by atoms with van der Waals surface area (Å²) in [6.07, 6.45) is 6.13. The summed E-state index contributed by atoms with van der Waals surface area (Å²) in [5.74, 6) is -0.0297. The van der Waals surface area contributed by atoms with E-state index in [0.29, 0.717) is 26.1 Å². The van der Waals surface area contributed by atoms with E-state index in [1.54, 1.807) is 11.0 Å². The zero-order chi connectivity index (χ0) is 24.8. The molecular weight excluding hydrogens is 466 g/mol. The third kappa shape index (κ3) is 5.85. The second-order valence-corrected chi connectivity index (χ2v) is 10.9. The molecule has 0 unspecified atom stereocenters. The van der Waals surface area contributed by atoms with Crippen molar-refractivity contribution in [1.82, 2.24) is 9.62 Å². The highest BCUT2D eigenvalue weighted by Crippen LogP contribution is 2.29. The van der Waals surface area contributed by atoms with Gasteiger partial charge in [-0.1, -0.05) is 25.0 Å². The highest BCUT2D eigenvalue weighted by Gasteiger charge is 2.29. The first-order valence-corrected chi connectivity index (χ1v) is 13.7. The van der Waals surface area contributed by atoms with Crippen LogP contribution in [0, 0.1) is 0 Å². The molecule has 2 aromatic rings. The van der Waals surface area contributed by atoms with E-state index in [9.17, 15) is 18.0 Å². The number of sulfonamides is 1. The van der Waals surface area contributed by atoms with Crippen molar-refractivity contribution in [1.29, 1.82) is 0 Å². The van der Waals surface area contributed by atoms with Gasteiger partial charge in [0, 0.05) is 43.9 Å². The maximum absolute atomic E-state index is 13.4. The molecule has 0 saturated carbocycles. The van der Waals surface area contributed by atoms with Crippen molar-refractivity contribution in [3.63, 3.8) is 0 Å². The molecule has 2 fully saturated rings. The average Bonchev–Trinajstić information content (AvgIpc) is 3.18. The minimum absolute atomic E-state index is 0.0140. The molecule has 0 aromatic heterocycles. The van der Waals surface area contributed by atoms with Crippen molar-refractivity contribution in [2.24, 2.45) is 0 Å². The summed E-state index contributed by atoms with van der Waals surface area (Å²) >= 11 is 0. The Bertz CT molecular complexity index is 1170. The molecule has 2 heterocycles. The first kappa shape index (κ1) is 25.2. The fraction of sp³-hybridized carbons (Fsp3) is 0.462. The Kier molecular flexibility index (Phi) is 8.07. The van der Waals surface area contributed by atoms with Crippen LogP contribution in [0.4, 0.5) is 5.69 Å². The van der Waals surface area contributed by atoms with Gasteiger partial charge in [0.25, 0.3) is 5.91 Å². The molecule has 0 spiro atoms. The minimum atomic E-state index is -3.78. The number of nitrogens with zero attached hydrogens (tertiary/aromatic N) is 2. The van der Waals surface area contributed by atoms with E-state index in [4.69, 9.17) is 4.74 Å². The molecule has 2 saturated heterocycles.